The first kappa shape index (κ1) is 17.3. The fraction of sp³-hybridized carbons (Fsp3) is 0.538. The van der Waals surface area contributed by atoms with E-state index in [1.807, 2.05) is 0 Å². The van der Waals surface area contributed by atoms with Crippen molar-refractivity contribution >= 4 is 11.8 Å². The van der Waals surface area contributed by atoms with E-state index in [0.29, 0.717) is 17.2 Å². The molecule has 0 heterocycles. The fourth-order valence-electron chi connectivity index (χ4n) is 1.64. The summed E-state index contributed by atoms with van der Waals surface area (Å²) in [5, 5.41) is 0. The van der Waals surface area contributed by atoms with Crippen LogP contribution in [0.2, 0.25) is 0 Å². The normalized spacial score (nSPS) is 13.8. The Morgan fingerprint density at radius 1 is 1.25 bits per heavy atom. The van der Waals surface area contributed by atoms with Crippen molar-refractivity contribution in [1.29, 1.82) is 0 Å². The molecule has 2 nitrogen and oxygen atoms in total. The van der Waals surface area contributed by atoms with Crippen LogP contribution < -0.4 is 11.3 Å². The molecule has 0 amide bonds. The van der Waals surface area contributed by atoms with Gasteiger partial charge in [-0.1, -0.05) is 19.9 Å². The molecule has 0 aliphatic carbocycles. The highest BCUT2D eigenvalue weighted by Gasteiger charge is 2.34. The van der Waals surface area contributed by atoms with Gasteiger partial charge in [0.05, 0.1) is 11.6 Å². The van der Waals surface area contributed by atoms with Crippen molar-refractivity contribution in [1.82, 2.24) is 5.43 Å². The van der Waals surface area contributed by atoms with Crippen molar-refractivity contribution in [2.45, 2.75) is 26.1 Å². The molecule has 0 spiro atoms. The van der Waals surface area contributed by atoms with Crippen molar-refractivity contribution in [3.8, 4) is 0 Å². The molecule has 0 aromatic heterocycles. The van der Waals surface area contributed by atoms with Crippen LogP contribution in [0.25, 0.3) is 0 Å². The SMILES string of the molecule is CC(C)CSCC(NN)c1ccc(F)c(C(F)(F)F)c1. The monoisotopic (exact) mass is 310 g/mol. The number of halogens is 4. The molecular weight excluding hydrogens is 292 g/mol. The largest absolute Gasteiger partial charge is 0.419 e. The smallest absolute Gasteiger partial charge is 0.271 e. The van der Waals surface area contributed by atoms with Crippen LogP contribution in [0.5, 0.6) is 0 Å². The van der Waals surface area contributed by atoms with Gasteiger partial charge in [0.2, 0.25) is 0 Å². The molecule has 0 aliphatic heterocycles. The van der Waals surface area contributed by atoms with Crippen molar-refractivity contribution < 1.29 is 17.6 Å². The summed E-state index contributed by atoms with van der Waals surface area (Å²) >= 11 is 1.59. The van der Waals surface area contributed by atoms with Crippen molar-refractivity contribution in [2.75, 3.05) is 11.5 Å². The lowest BCUT2D eigenvalue weighted by Crippen LogP contribution is -2.30. The number of nitrogens with one attached hydrogen (secondary N) is 1. The number of hydrogen-bond donors (Lipinski definition) is 2. The number of rotatable bonds is 6. The zero-order valence-corrected chi connectivity index (χ0v) is 12.1. The van der Waals surface area contributed by atoms with Gasteiger partial charge in [0.1, 0.15) is 5.82 Å². The predicted octanol–water partition coefficient (Wildman–Crippen LogP) is 3.74. The lowest BCUT2D eigenvalue weighted by atomic mass is 10.0. The summed E-state index contributed by atoms with van der Waals surface area (Å²) < 4.78 is 51.2. The number of nitrogens with two attached hydrogens (primary N) is 1. The Kier molecular flexibility index (Phi) is 6.29. The van der Waals surface area contributed by atoms with E-state index in [1.165, 1.54) is 6.07 Å². The van der Waals surface area contributed by atoms with Gasteiger partial charge in [-0.05, 0) is 29.4 Å². The summed E-state index contributed by atoms with van der Waals surface area (Å²) in [4.78, 5) is 0. The van der Waals surface area contributed by atoms with E-state index in [2.05, 4.69) is 19.3 Å². The molecule has 0 radical (unpaired) electrons. The van der Waals surface area contributed by atoms with Crippen LogP contribution in [0, 0.1) is 11.7 Å². The third-order valence-corrected chi connectivity index (χ3v) is 4.11. The molecule has 0 fully saturated rings. The molecule has 1 aromatic carbocycles. The first-order valence-electron chi connectivity index (χ1n) is 6.16. The molecule has 0 saturated heterocycles. The Labute approximate surface area is 120 Å². The molecule has 1 unspecified atom stereocenters. The molecule has 1 rings (SSSR count). The number of hydrogen-bond acceptors (Lipinski definition) is 3. The van der Waals surface area contributed by atoms with Crippen LogP contribution in [0.1, 0.15) is 31.0 Å². The minimum absolute atomic E-state index is 0.331. The molecule has 0 aliphatic rings. The Morgan fingerprint density at radius 2 is 1.90 bits per heavy atom. The average molecular weight is 310 g/mol. The van der Waals surface area contributed by atoms with Crippen molar-refractivity contribution in [3.63, 3.8) is 0 Å². The minimum atomic E-state index is -4.70. The number of hydrazine groups is 1. The molecule has 7 heteroatoms. The Morgan fingerprint density at radius 3 is 2.40 bits per heavy atom. The quantitative estimate of drug-likeness (QED) is 0.477. The van der Waals surface area contributed by atoms with Crippen molar-refractivity contribution in [2.24, 2.45) is 11.8 Å². The number of benzene rings is 1. The Hall–Kier alpha value is -0.790. The van der Waals surface area contributed by atoms with Crippen LogP contribution in [-0.2, 0) is 6.18 Å². The zero-order chi connectivity index (χ0) is 15.3. The van der Waals surface area contributed by atoms with E-state index < -0.39 is 23.6 Å². The van der Waals surface area contributed by atoms with Gasteiger partial charge < -0.3 is 0 Å². The molecule has 114 valence electrons. The van der Waals surface area contributed by atoms with E-state index >= 15 is 0 Å². The second-order valence-electron chi connectivity index (χ2n) is 4.89. The topological polar surface area (TPSA) is 38.0 Å². The second-order valence-corrected chi connectivity index (χ2v) is 5.96. The highest BCUT2D eigenvalue weighted by Crippen LogP contribution is 2.33. The maximum absolute atomic E-state index is 13.2. The van der Waals surface area contributed by atoms with Gasteiger partial charge in [-0.3, -0.25) is 11.3 Å². The van der Waals surface area contributed by atoms with Crippen LogP contribution in [0.15, 0.2) is 18.2 Å². The fourth-order valence-corrected chi connectivity index (χ4v) is 2.77. The highest BCUT2D eigenvalue weighted by atomic mass is 32.2. The van der Waals surface area contributed by atoms with E-state index in [-0.39, 0.29) is 0 Å². The molecule has 20 heavy (non-hydrogen) atoms. The summed E-state index contributed by atoms with van der Waals surface area (Å²) in [7, 11) is 0. The van der Waals surface area contributed by atoms with Crippen LogP contribution >= 0.6 is 11.8 Å². The molecular formula is C13H18F4N2S. The summed E-state index contributed by atoms with van der Waals surface area (Å²) in [5.41, 5.74) is 1.55. The highest BCUT2D eigenvalue weighted by molar-refractivity contribution is 7.99. The zero-order valence-electron chi connectivity index (χ0n) is 11.3. The molecule has 0 bridgehead atoms. The lowest BCUT2D eigenvalue weighted by molar-refractivity contribution is -0.140. The standard InChI is InChI=1S/C13H18F4N2S/c1-8(2)6-20-7-12(19-18)9-3-4-11(14)10(5-9)13(15,16)17/h3-5,8,12,19H,6-7,18H2,1-2H3. The molecule has 0 saturated carbocycles. The second kappa shape index (κ2) is 7.28. The van der Waals surface area contributed by atoms with Crippen LogP contribution in [0.4, 0.5) is 17.6 Å². The van der Waals surface area contributed by atoms with Gasteiger partial charge in [-0.15, -0.1) is 0 Å². The lowest BCUT2D eigenvalue weighted by Gasteiger charge is -2.18. The summed E-state index contributed by atoms with van der Waals surface area (Å²) in [6.07, 6.45) is -4.70. The molecule has 3 N–H and O–H groups in total. The maximum atomic E-state index is 13.2. The van der Waals surface area contributed by atoms with Gasteiger partial charge in [0, 0.05) is 5.75 Å². The van der Waals surface area contributed by atoms with Crippen LogP contribution in [0.3, 0.4) is 0 Å². The van der Waals surface area contributed by atoms with E-state index in [4.69, 9.17) is 5.84 Å². The Balaban J connectivity index is 2.88. The third kappa shape index (κ3) is 4.96. The average Bonchev–Trinajstić information content (AvgIpc) is 2.34. The van der Waals surface area contributed by atoms with Gasteiger partial charge in [-0.25, -0.2) is 4.39 Å². The van der Waals surface area contributed by atoms with Gasteiger partial charge in [0.25, 0.3) is 0 Å². The third-order valence-electron chi connectivity index (χ3n) is 2.64. The van der Waals surface area contributed by atoms with Gasteiger partial charge >= 0.3 is 6.18 Å². The van der Waals surface area contributed by atoms with E-state index in [9.17, 15) is 17.6 Å². The predicted molar refractivity (Wildman–Crippen MR) is 73.6 cm³/mol. The molecule has 1 atom stereocenters. The van der Waals surface area contributed by atoms with Crippen LogP contribution in [-0.4, -0.2) is 11.5 Å². The van der Waals surface area contributed by atoms with E-state index in [1.54, 1.807) is 11.8 Å². The molecule has 1 aromatic rings. The van der Waals surface area contributed by atoms with E-state index in [0.717, 1.165) is 17.9 Å². The summed E-state index contributed by atoms with van der Waals surface area (Å²) in [5.74, 6) is 6.00. The number of alkyl halides is 3. The van der Waals surface area contributed by atoms with Gasteiger partial charge in [0.15, 0.2) is 0 Å². The summed E-state index contributed by atoms with van der Waals surface area (Å²) in [6.45, 7) is 4.11. The van der Waals surface area contributed by atoms with Gasteiger partial charge in [-0.2, -0.15) is 24.9 Å². The first-order valence-corrected chi connectivity index (χ1v) is 7.31. The first-order chi connectivity index (χ1) is 9.25. The summed E-state index contributed by atoms with van der Waals surface area (Å²) in [6, 6.07) is 2.52. The minimum Gasteiger partial charge on any atom is -0.271 e. The van der Waals surface area contributed by atoms with Crippen molar-refractivity contribution in [3.05, 3.63) is 35.1 Å². The number of thioether (sulfide) groups is 1. The maximum Gasteiger partial charge on any atom is 0.419 e. The Bertz CT molecular complexity index is 435.